The third kappa shape index (κ3) is 3.97. The Hall–Kier alpha value is -2.81. The molecule has 0 unspecified atom stereocenters. The summed E-state index contributed by atoms with van der Waals surface area (Å²) < 4.78 is 69.8. The average Bonchev–Trinajstić information content (AvgIpc) is 2.98. The molecule has 0 radical (unpaired) electrons. The third-order valence-corrected chi connectivity index (χ3v) is 4.46. The summed E-state index contributed by atoms with van der Waals surface area (Å²) >= 11 is 0. The number of alkyl halides is 3. The lowest BCUT2D eigenvalue weighted by atomic mass is 9.96. The third-order valence-electron chi connectivity index (χ3n) is 3.50. The smallest absolute Gasteiger partial charge is 0.460 e. The van der Waals surface area contributed by atoms with Gasteiger partial charge in [0.25, 0.3) is 0 Å². The number of carbonyl (C=O) groups excluding carboxylic acids is 1. The molecule has 0 bridgehead atoms. The maximum Gasteiger partial charge on any atom is 0.534 e. The SMILES string of the molecule is C=C(C)c1coc(C(=O)c2ccccc2OS(=O)(=O)C(F)(F)F)c1C(=C)C. The van der Waals surface area contributed by atoms with Gasteiger partial charge in [0.15, 0.2) is 11.5 Å². The van der Waals surface area contributed by atoms with Gasteiger partial charge in [0.05, 0.1) is 11.8 Å². The molecule has 0 saturated carbocycles. The molecule has 144 valence electrons. The van der Waals surface area contributed by atoms with Gasteiger partial charge >= 0.3 is 15.6 Å². The zero-order valence-corrected chi connectivity index (χ0v) is 15.2. The topological polar surface area (TPSA) is 73.6 Å². The molecule has 0 amide bonds. The molecule has 0 aliphatic carbocycles. The molecule has 5 nitrogen and oxygen atoms in total. The second kappa shape index (κ2) is 7.07. The maximum absolute atomic E-state index is 12.8. The number of ketones is 1. The second-order valence-corrected chi connectivity index (χ2v) is 7.26. The molecule has 0 aliphatic heterocycles. The Morgan fingerprint density at radius 3 is 2.19 bits per heavy atom. The van der Waals surface area contributed by atoms with Crippen LogP contribution >= 0.6 is 0 Å². The van der Waals surface area contributed by atoms with Crippen LogP contribution in [0, 0.1) is 0 Å². The van der Waals surface area contributed by atoms with Crippen molar-refractivity contribution in [2.45, 2.75) is 19.4 Å². The van der Waals surface area contributed by atoms with Crippen molar-refractivity contribution in [2.75, 3.05) is 0 Å². The molecule has 0 N–H and O–H groups in total. The van der Waals surface area contributed by atoms with E-state index >= 15 is 0 Å². The summed E-state index contributed by atoms with van der Waals surface area (Å²) in [6.07, 6.45) is 1.27. The number of carbonyl (C=O) groups is 1. The number of furan rings is 1. The number of hydrogen-bond donors (Lipinski definition) is 0. The van der Waals surface area contributed by atoms with Gasteiger partial charge in [-0.1, -0.05) is 25.3 Å². The van der Waals surface area contributed by atoms with Gasteiger partial charge in [0, 0.05) is 11.1 Å². The van der Waals surface area contributed by atoms with E-state index in [-0.39, 0.29) is 5.76 Å². The number of allylic oxidation sites excluding steroid dienone is 2. The van der Waals surface area contributed by atoms with Gasteiger partial charge in [-0.05, 0) is 37.1 Å². The molecule has 1 aromatic carbocycles. The summed E-state index contributed by atoms with van der Waals surface area (Å²) in [6, 6.07) is 4.66. The predicted molar refractivity (Wildman–Crippen MR) is 93.6 cm³/mol. The molecule has 2 rings (SSSR count). The first-order valence-electron chi connectivity index (χ1n) is 7.44. The standard InChI is InChI=1S/C18H15F3O5S/c1-10(2)13-9-25-17(15(13)11(3)4)16(22)12-7-5-6-8-14(12)26-27(23,24)18(19,20)21/h5-9H,1,3H2,2,4H3. The Labute approximate surface area is 153 Å². The van der Waals surface area contributed by atoms with Crippen molar-refractivity contribution in [3.8, 4) is 5.75 Å². The molecular weight excluding hydrogens is 385 g/mol. The number of rotatable bonds is 6. The van der Waals surface area contributed by atoms with E-state index in [0.717, 1.165) is 12.1 Å². The Kier molecular flexibility index (Phi) is 5.37. The summed E-state index contributed by atoms with van der Waals surface area (Å²) in [5.41, 5.74) is -4.15. The van der Waals surface area contributed by atoms with Gasteiger partial charge in [-0.2, -0.15) is 21.6 Å². The molecule has 9 heteroatoms. The van der Waals surface area contributed by atoms with Gasteiger partial charge in [-0.15, -0.1) is 0 Å². The van der Waals surface area contributed by atoms with Crippen molar-refractivity contribution >= 4 is 27.0 Å². The molecule has 1 heterocycles. The lowest BCUT2D eigenvalue weighted by Gasteiger charge is -2.12. The van der Waals surface area contributed by atoms with Gasteiger partial charge in [-0.3, -0.25) is 4.79 Å². The number of halogens is 3. The Morgan fingerprint density at radius 2 is 1.67 bits per heavy atom. The zero-order chi connectivity index (χ0) is 20.6. The van der Waals surface area contributed by atoms with E-state index in [9.17, 15) is 26.4 Å². The first-order valence-corrected chi connectivity index (χ1v) is 8.85. The lowest BCUT2D eigenvalue weighted by Crippen LogP contribution is -2.28. The molecule has 0 fully saturated rings. The summed E-state index contributed by atoms with van der Waals surface area (Å²) in [7, 11) is -5.94. The van der Waals surface area contributed by atoms with Crippen LogP contribution in [0.25, 0.3) is 11.1 Å². The molecule has 2 aromatic rings. The van der Waals surface area contributed by atoms with Crippen LogP contribution in [-0.2, 0) is 10.1 Å². The van der Waals surface area contributed by atoms with E-state index in [2.05, 4.69) is 17.3 Å². The molecule has 0 aliphatic rings. The fourth-order valence-corrected chi connectivity index (χ4v) is 2.75. The molecular formula is C18H15F3O5S. The zero-order valence-electron chi connectivity index (χ0n) is 14.4. The van der Waals surface area contributed by atoms with Crippen molar-refractivity contribution in [3.63, 3.8) is 0 Å². The number of benzene rings is 1. The fourth-order valence-electron chi connectivity index (χ4n) is 2.28. The van der Waals surface area contributed by atoms with Crippen LogP contribution in [0.4, 0.5) is 13.2 Å². The molecule has 0 saturated heterocycles. The lowest BCUT2D eigenvalue weighted by molar-refractivity contribution is -0.0500. The van der Waals surface area contributed by atoms with Gasteiger partial charge in [-0.25, -0.2) is 0 Å². The van der Waals surface area contributed by atoms with Crippen molar-refractivity contribution in [1.29, 1.82) is 0 Å². The van der Waals surface area contributed by atoms with Crippen molar-refractivity contribution in [1.82, 2.24) is 0 Å². The highest BCUT2D eigenvalue weighted by molar-refractivity contribution is 7.88. The summed E-state index contributed by atoms with van der Waals surface area (Å²) in [5, 5.41) is 0. The first kappa shape index (κ1) is 20.5. The first-order chi connectivity index (χ1) is 12.4. The number of para-hydroxylation sites is 1. The monoisotopic (exact) mass is 400 g/mol. The van der Waals surface area contributed by atoms with Crippen LogP contribution < -0.4 is 4.18 Å². The average molecular weight is 400 g/mol. The molecule has 0 spiro atoms. The second-order valence-electron chi connectivity index (χ2n) is 5.72. The minimum absolute atomic E-state index is 0.207. The fraction of sp³-hybridized carbons (Fsp3) is 0.167. The van der Waals surface area contributed by atoms with E-state index < -0.39 is 32.7 Å². The predicted octanol–water partition coefficient (Wildman–Crippen LogP) is 4.81. The van der Waals surface area contributed by atoms with Crippen molar-refractivity contribution in [2.24, 2.45) is 0 Å². The largest absolute Gasteiger partial charge is 0.534 e. The van der Waals surface area contributed by atoms with Crippen LogP contribution in [-0.4, -0.2) is 19.7 Å². The molecule has 27 heavy (non-hydrogen) atoms. The van der Waals surface area contributed by atoms with Crippen LogP contribution in [0.1, 0.15) is 41.1 Å². The van der Waals surface area contributed by atoms with Gasteiger partial charge < -0.3 is 8.60 Å². The van der Waals surface area contributed by atoms with Crippen LogP contribution in [0.5, 0.6) is 5.75 Å². The van der Waals surface area contributed by atoms with Crippen LogP contribution in [0.2, 0.25) is 0 Å². The highest BCUT2D eigenvalue weighted by atomic mass is 32.2. The summed E-state index contributed by atoms with van der Waals surface area (Å²) in [4.78, 5) is 12.8. The normalized spacial score (nSPS) is 11.9. The quantitative estimate of drug-likeness (QED) is 0.395. The van der Waals surface area contributed by atoms with E-state index in [1.807, 2.05) is 0 Å². The van der Waals surface area contributed by atoms with Crippen molar-refractivity contribution in [3.05, 3.63) is 66.1 Å². The van der Waals surface area contributed by atoms with Crippen LogP contribution in [0.3, 0.4) is 0 Å². The van der Waals surface area contributed by atoms with Gasteiger partial charge in [0.1, 0.15) is 0 Å². The van der Waals surface area contributed by atoms with E-state index in [1.165, 1.54) is 18.4 Å². The Balaban J connectivity index is 2.57. The Bertz CT molecular complexity index is 1030. The molecule has 1 aromatic heterocycles. The highest BCUT2D eigenvalue weighted by Gasteiger charge is 2.49. The molecule has 0 atom stereocenters. The van der Waals surface area contributed by atoms with Gasteiger partial charge in [0.2, 0.25) is 5.78 Å². The van der Waals surface area contributed by atoms with E-state index in [4.69, 9.17) is 4.42 Å². The summed E-state index contributed by atoms with van der Waals surface area (Å²) in [6.45, 7) is 10.8. The van der Waals surface area contributed by atoms with E-state index in [1.54, 1.807) is 13.8 Å². The van der Waals surface area contributed by atoms with Crippen molar-refractivity contribution < 1.29 is 35.0 Å². The Morgan fingerprint density at radius 1 is 1.07 bits per heavy atom. The summed E-state index contributed by atoms with van der Waals surface area (Å²) in [5.74, 6) is -1.82. The highest BCUT2D eigenvalue weighted by Crippen LogP contribution is 2.34. The van der Waals surface area contributed by atoms with E-state index in [0.29, 0.717) is 22.3 Å². The minimum Gasteiger partial charge on any atom is -0.460 e. The minimum atomic E-state index is -5.94. The van der Waals surface area contributed by atoms with Crippen LogP contribution in [0.15, 0.2) is 48.1 Å². The maximum atomic E-state index is 12.8. The number of hydrogen-bond acceptors (Lipinski definition) is 5.